The first-order valence-electron chi connectivity index (χ1n) is 5.95. The second-order valence-electron chi connectivity index (χ2n) is 4.39. The van der Waals surface area contributed by atoms with Gasteiger partial charge in [-0.3, -0.25) is 0 Å². The number of imidazole rings is 1. The zero-order valence-corrected chi connectivity index (χ0v) is 10.2. The molecule has 1 aliphatic heterocycles. The van der Waals surface area contributed by atoms with Crippen LogP contribution in [0.1, 0.15) is 11.3 Å². The maximum absolute atomic E-state index is 6.05. The fraction of sp³-hybridized carbons (Fsp3) is 0.231. The average molecular weight is 241 g/mol. The first-order chi connectivity index (χ1) is 8.74. The molecular weight excluding hydrogens is 226 g/mol. The van der Waals surface area contributed by atoms with Crippen molar-refractivity contribution in [2.24, 2.45) is 10.7 Å². The smallest absolute Gasteiger partial charge is 0.230 e. The number of hydrogen-bond donors (Lipinski definition) is 2. The van der Waals surface area contributed by atoms with Crippen LogP contribution in [-0.2, 0) is 6.42 Å². The van der Waals surface area contributed by atoms with E-state index in [0.717, 1.165) is 24.3 Å². The lowest BCUT2D eigenvalue weighted by Crippen LogP contribution is -2.35. The van der Waals surface area contributed by atoms with Gasteiger partial charge in [-0.05, 0) is 25.0 Å². The number of para-hydroxylation sites is 1. The van der Waals surface area contributed by atoms with E-state index in [1.807, 2.05) is 24.0 Å². The van der Waals surface area contributed by atoms with E-state index in [9.17, 15) is 0 Å². The van der Waals surface area contributed by atoms with Crippen molar-refractivity contribution in [2.45, 2.75) is 13.3 Å². The number of nitrogens with two attached hydrogens (primary N) is 1. The number of guanidine groups is 1. The molecule has 2 heterocycles. The molecule has 0 spiro atoms. The lowest BCUT2D eigenvalue weighted by atomic mass is 10.2. The van der Waals surface area contributed by atoms with Crippen molar-refractivity contribution in [3.8, 4) is 0 Å². The van der Waals surface area contributed by atoms with Crippen LogP contribution in [0, 0.1) is 6.92 Å². The molecule has 0 saturated heterocycles. The Balaban J connectivity index is 1.90. The van der Waals surface area contributed by atoms with Gasteiger partial charge in [0.15, 0.2) is 0 Å². The van der Waals surface area contributed by atoms with Gasteiger partial charge in [-0.15, -0.1) is 0 Å². The van der Waals surface area contributed by atoms with Gasteiger partial charge in [0.1, 0.15) is 0 Å². The minimum Gasteiger partial charge on any atom is -0.369 e. The predicted molar refractivity (Wildman–Crippen MR) is 72.1 cm³/mol. The van der Waals surface area contributed by atoms with Gasteiger partial charge in [0.2, 0.25) is 11.9 Å². The highest BCUT2D eigenvalue weighted by molar-refractivity contribution is 5.97. The van der Waals surface area contributed by atoms with Crippen molar-refractivity contribution in [3.63, 3.8) is 0 Å². The number of H-pyrrole nitrogens is 1. The molecular formula is C13H15N5. The number of aromatic amines is 1. The molecule has 3 rings (SSSR count). The molecule has 2 aromatic rings. The highest BCUT2D eigenvalue weighted by Gasteiger charge is 2.21. The van der Waals surface area contributed by atoms with E-state index in [1.165, 1.54) is 5.56 Å². The SMILES string of the molecule is Cc1cnc(N=C(N)N2CCc3ccccc32)[nH]1. The fourth-order valence-corrected chi connectivity index (χ4v) is 2.20. The average Bonchev–Trinajstić information content (AvgIpc) is 2.95. The normalized spacial score (nSPS) is 14.9. The fourth-order valence-electron chi connectivity index (χ4n) is 2.20. The Morgan fingerprint density at radius 3 is 3.06 bits per heavy atom. The lowest BCUT2D eigenvalue weighted by Gasteiger charge is -2.17. The van der Waals surface area contributed by atoms with Gasteiger partial charge in [0.25, 0.3) is 0 Å². The Morgan fingerprint density at radius 1 is 1.44 bits per heavy atom. The van der Waals surface area contributed by atoms with Gasteiger partial charge in [-0.25, -0.2) is 4.98 Å². The summed E-state index contributed by atoms with van der Waals surface area (Å²) in [6.07, 6.45) is 2.74. The molecule has 5 heteroatoms. The Labute approximate surface area is 105 Å². The summed E-state index contributed by atoms with van der Waals surface area (Å²) in [5, 5.41) is 0. The summed E-state index contributed by atoms with van der Waals surface area (Å²) in [5.74, 6) is 1.03. The maximum Gasteiger partial charge on any atom is 0.230 e. The number of rotatable bonds is 1. The number of benzene rings is 1. The lowest BCUT2D eigenvalue weighted by molar-refractivity contribution is 1.01. The van der Waals surface area contributed by atoms with Gasteiger partial charge in [-0.1, -0.05) is 18.2 Å². The zero-order chi connectivity index (χ0) is 12.5. The summed E-state index contributed by atoms with van der Waals surface area (Å²) >= 11 is 0. The minimum atomic E-state index is 0.481. The molecule has 1 aliphatic rings. The first-order valence-corrected chi connectivity index (χ1v) is 5.95. The van der Waals surface area contributed by atoms with E-state index in [4.69, 9.17) is 5.73 Å². The third-order valence-corrected chi connectivity index (χ3v) is 3.07. The van der Waals surface area contributed by atoms with Crippen molar-refractivity contribution >= 4 is 17.6 Å². The standard InChI is InChI=1S/C13H15N5/c1-9-8-15-13(16-9)17-12(14)18-7-6-10-4-2-3-5-11(10)18/h2-5,8H,6-7H2,1H3,(H3,14,15,16,17). The molecule has 0 radical (unpaired) electrons. The molecule has 3 N–H and O–H groups in total. The second kappa shape index (κ2) is 4.18. The van der Waals surface area contributed by atoms with Crippen LogP contribution in [0.25, 0.3) is 0 Å². The molecule has 92 valence electrons. The third kappa shape index (κ3) is 1.84. The van der Waals surface area contributed by atoms with E-state index in [-0.39, 0.29) is 0 Å². The summed E-state index contributed by atoms with van der Waals surface area (Å²) in [6.45, 7) is 2.81. The monoisotopic (exact) mass is 241 g/mol. The van der Waals surface area contributed by atoms with E-state index in [2.05, 4.69) is 27.1 Å². The Morgan fingerprint density at radius 2 is 2.28 bits per heavy atom. The highest BCUT2D eigenvalue weighted by Crippen LogP contribution is 2.27. The molecule has 0 fully saturated rings. The molecule has 0 saturated carbocycles. The quantitative estimate of drug-likeness (QED) is 0.590. The van der Waals surface area contributed by atoms with Gasteiger partial charge < -0.3 is 15.6 Å². The van der Waals surface area contributed by atoms with Crippen LogP contribution >= 0.6 is 0 Å². The summed E-state index contributed by atoms with van der Waals surface area (Å²) in [6, 6.07) is 8.25. The zero-order valence-electron chi connectivity index (χ0n) is 10.2. The van der Waals surface area contributed by atoms with Crippen LogP contribution in [0.2, 0.25) is 0 Å². The van der Waals surface area contributed by atoms with Crippen LogP contribution in [0.3, 0.4) is 0 Å². The van der Waals surface area contributed by atoms with Gasteiger partial charge in [-0.2, -0.15) is 4.99 Å². The Kier molecular flexibility index (Phi) is 2.51. The predicted octanol–water partition coefficient (Wildman–Crippen LogP) is 1.73. The van der Waals surface area contributed by atoms with E-state index in [0.29, 0.717) is 11.9 Å². The number of anilines is 1. The van der Waals surface area contributed by atoms with Crippen molar-refractivity contribution in [2.75, 3.05) is 11.4 Å². The number of aliphatic imine (C=N–C) groups is 1. The second-order valence-corrected chi connectivity index (χ2v) is 4.39. The molecule has 1 aromatic heterocycles. The van der Waals surface area contributed by atoms with Gasteiger partial charge in [0, 0.05) is 24.1 Å². The van der Waals surface area contributed by atoms with Crippen LogP contribution in [0.5, 0.6) is 0 Å². The molecule has 0 aliphatic carbocycles. The molecule has 0 amide bonds. The summed E-state index contributed by atoms with van der Waals surface area (Å²) in [7, 11) is 0. The minimum absolute atomic E-state index is 0.481. The number of aromatic nitrogens is 2. The number of nitrogens with one attached hydrogen (secondary N) is 1. The molecule has 0 bridgehead atoms. The van der Waals surface area contributed by atoms with Crippen LogP contribution in [0.15, 0.2) is 35.5 Å². The summed E-state index contributed by atoms with van der Waals surface area (Å²) in [4.78, 5) is 13.5. The van der Waals surface area contributed by atoms with Crippen molar-refractivity contribution in [1.29, 1.82) is 0 Å². The Hall–Kier alpha value is -2.30. The van der Waals surface area contributed by atoms with E-state index >= 15 is 0 Å². The van der Waals surface area contributed by atoms with Crippen LogP contribution < -0.4 is 10.6 Å². The van der Waals surface area contributed by atoms with Gasteiger partial charge >= 0.3 is 0 Å². The Bertz CT molecular complexity index is 599. The first kappa shape index (κ1) is 10.8. The molecule has 5 nitrogen and oxygen atoms in total. The van der Waals surface area contributed by atoms with E-state index < -0.39 is 0 Å². The molecule has 1 aromatic carbocycles. The van der Waals surface area contributed by atoms with E-state index in [1.54, 1.807) is 6.20 Å². The molecule has 18 heavy (non-hydrogen) atoms. The van der Waals surface area contributed by atoms with Crippen LogP contribution in [0.4, 0.5) is 11.6 Å². The number of fused-ring (bicyclic) bond motifs is 1. The molecule has 0 unspecified atom stereocenters. The summed E-state index contributed by atoms with van der Waals surface area (Å²) in [5.41, 5.74) is 9.48. The van der Waals surface area contributed by atoms with Crippen molar-refractivity contribution in [1.82, 2.24) is 9.97 Å². The third-order valence-electron chi connectivity index (χ3n) is 3.07. The number of hydrogen-bond acceptors (Lipinski definition) is 2. The van der Waals surface area contributed by atoms with Gasteiger partial charge in [0.05, 0.1) is 0 Å². The maximum atomic E-state index is 6.05. The number of aryl methyl sites for hydroxylation is 1. The van der Waals surface area contributed by atoms with Crippen molar-refractivity contribution in [3.05, 3.63) is 41.7 Å². The van der Waals surface area contributed by atoms with Crippen molar-refractivity contribution < 1.29 is 0 Å². The van der Waals surface area contributed by atoms with Crippen LogP contribution in [-0.4, -0.2) is 22.5 Å². The molecule has 0 atom stereocenters. The summed E-state index contributed by atoms with van der Waals surface area (Å²) < 4.78 is 0. The largest absolute Gasteiger partial charge is 0.369 e. The highest BCUT2D eigenvalue weighted by atomic mass is 15.3. The topological polar surface area (TPSA) is 70.3 Å². The number of nitrogens with zero attached hydrogens (tertiary/aromatic N) is 3.